The van der Waals surface area contributed by atoms with Crippen molar-refractivity contribution in [3.63, 3.8) is 0 Å². The van der Waals surface area contributed by atoms with Crippen molar-refractivity contribution in [1.29, 1.82) is 0 Å². The van der Waals surface area contributed by atoms with Gasteiger partial charge in [-0.15, -0.1) is 0 Å². The van der Waals surface area contributed by atoms with Crippen LogP contribution in [0.1, 0.15) is 50.8 Å². The lowest BCUT2D eigenvalue weighted by atomic mass is 10.1. The molecule has 0 bridgehead atoms. The van der Waals surface area contributed by atoms with E-state index in [1.165, 1.54) is 16.3 Å². The van der Waals surface area contributed by atoms with Gasteiger partial charge in [-0.3, -0.25) is 0 Å². The SMILES string of the molecule is CCCCCCc1c(/C=C/C(=O)OCC)c2ccccc2n1S(C)(=O)=O. The number of esters is 1. The summed E-state index contributed by atoms with van der Waals surface area (Å²) >= 11 is 0. The number of hydrogen-bond acceptors (Lipinski definition) is 4. The first-order valence-corrected chi connectivity index (χ1v) is 10.9. The summed E-state index contributed by atoms with van der Waals surface area (Å²) in [6.07, 6.45) is 9.09. The van der Waals surface area contributed by atoms with Crippen molar-refractivity contribution in [3.8, 4) is 0 Å². The smallest absolute Gasteiger partial charge is 0.330 e. The van der Waals surface area contributed by atoms with E-state index in [4.69, 9.17) is 4.74 Å². The van der Waals surface area contributed by atoms with Gasteiger partial charge in [-0.05, 0) is 31.9 Å². The predicted molar refractivity (Wildman–Crippen MR) is 106 cm³/mol. The Kier molecular flexibility index (Phi) is 7.03. The number of ether oxygens (including phenoxy) is 1. The Bertz CT molecular complexity index is 894. The van der Waals surface area contributed by atoms with E-state index in [9.17, 15) is 13.2 Å². The molecule has 1 aromatic heterocycles. The molecule has 1 heterocycles. The Balaban J connectivity index is 2.57. The maximum atomic E-state index is 12.5. The Morgan fingerprint density at radius 3 is 2.54 bits per heavy atom. The number of nitrogens with zero attached hydrogens (tertiary/aromatic N) is 1. The molecule has 0 unspecified atom stereocenters. The van der Waals surface area contributed by atoms with E-state index < -0.39 is 16.0 Å². The van der Waals surface area contributed by atoms with Crippen LogP contribution in [0.5, 0.6) is 0 Å². The van der Waals surface area contributed by atoms with Crippen LogP contribution in [-0.4, -0.2) is 31.2 Å². The monoisotopic (exact) mass is 377 g/mol. The van der Waals surface area contributed by atoms with Crippen molar-refractivity contribution in [2.24, 2.45) is 0 Å². The predicted octanol–water partition coefficient (Wildman–Crippen LogP) is 4.15. The van der Waals surface area contributed by atoms with E-state index >= 15 is 0 Å². The maximum absolute atomic E-state index is 12.5. The van der Waals surface area contributed by atoms with Crippen molar-refractivity contribution in [3.05, 3.63) is 41.6 Å². The van der Waals surface area contributed by atoms with Crippen LogP contribution in [0.3, 0.4) is 0 Å². The minimum atomic E-state index is -3.46. The van der Waals surface area contributed by atoms with E-state index in [0.717, 1.165) is 42.3 Å². The molecule has 2 rings (SSSR count). The summed E-state index contributed by atoms with van der Waals surface area (Å²) in [5.74, 6) is -0.430. The molecule has 0 aliphatic heterocycles. The van der Waals surface area contributed by atoms with E-state index in [1.54, 1.807) is 19.1 Å². The maximum Gasteiger partial charge on any atom is 0.330 e. The zero-order chi connectivity index (χ0) is 19.2. The van der Waals surface area contributed by atoms with Crippen LogP contribution < -0.4 is 0 Å². The first-order valence-electron chi connectivity index (χ1n) is 9.07. The summed E-state index contributed by atoms with van der Waals surface area (Å²) in [7, 11) is -3.46. The molecule has 6 heteroatoms. The highest BCUT2D eigenvalue weighted by Crippen LogP contribution is 2.30. The average molecular weight is 378 g/mol. The van der Waals surface area contributed by atoms with Crippen LogP contribution in [0.15, 0.2) is 30.3 Å². The highest BCUT2D eigenvalue weighted by molar-refractivity contribution is 7.89. The molecule has 0 amide bonds. The number of para-hydroxylation sites is 1. The molecular weight excluding hydrogens is 350 g/mol. The average Bonchev–Trinajstić information content (AvgIpc) is 2.90. The highest BCUT2D eigenvalue weighted by Gasteiger charge is 2.20. The van der Waals surface area contributed by atoms with Gasteiger partial charge in [0.25, 0.3) is 0 Å². The number of carbonyl (C=O) groups is 1. The van der Waals surface area contributed by atoms with Gasteiger partial charge in [0.1, 0.15) is 0 Å². The van der Waals surface area contributed by atoms with E-state index in [1.807, 2.05) is 18.2 Å². The number of hydrogen-bond donors (Lipinski definition) is 0. The minimum Gasteiger partial charge on any atom is -0.463 e. The molecule has 2 aromatic rings. The quantitative estimate of drug-likeness (QED) is 0.374. The second-order valence-electron chi connectivity index (χ2n) is 6.30. The molecule has 0 radical (unpaired) electrons. The lowest BCUT2D eigenvalue weighted by Crippen LogP contribution is -2.13. The molecule has 0 aliphatic rings. The highest BCUT2D eigenvalue weighted by atomic mass is 32.2. The number of aromatic nitrogens is 1. The Morgan fingerprint density at radius 1 is 1.15 bits per heavy atom. The molecule has 5 nitrogen and oxygen atoms in total. The summed E-state index contributed by atoms with van der Waals surface area (Å²) < 4.78 is 31.3. The molecule has 0 N–H and O–H groups in total. The third kappa shape index (κ3) is 4.75. The van der Waals surface area contributed by atoms with Gasteiger partial charge >= 0.3 is 5.97 Å². The second-order valence-corrected chi connectivity index (χ2v) is 8.13. The third-order valence-corrected chi connectivity index (χ3v) is 5.32. The van der Waals surface area contributed by atoms with Crippen LogP contribution >= 0.6 is 0 Å². The van der Waals surface area contributed by atoms with Gasteiger partial charge in [0, 0.05) is 22.7 Å². The van der Waals surface area contributed by atoms with Gasteiger partial charge < -0.3 is 4.74 Å². The molecule has 26 heavy (non-hydrogen) atoms. The van der Waals surface area contributed by atoms with E-state index in [-0.39, 0.29) is 0 Å². The number of benzene rings is 1. The third-order valence-electron chi connectivity index (χ3n) is 4.24. The summed E-state index contributed by atoms with van der Waals surface area (Å²) in [6, 6.07) is 7.38. The molecule has 0 spiro atoms. The fraction of sp³-hybridized carbons (Fsp3) is 0.450. The molecule has 1 aromatic carbocycles. The van der Waals surface area contributed by atoms with Crippen LogP contribution in [0.2, 0.25) is 0 Å². The van der Waals surface area contributed by atoms with Crippen LogP contribution in [0, 0.1) is 0 Å². The number of rotatable bonds is 9. The van der Waals surface area contributed by atoms with Crippen molar-refractivity contribution in [2.75, 3.05) is 12.9 Å². The van der Waals surface area contributed by atoms with Crippen LogP contribution in [0.25, 0.3) is 17.0 Å². The normalized spacial score (nSPS) is 12.1. The zero-order valence-electron chi connectivity index (χ0n) is 15.7. The first kappa shape index (κ1) is 20.2. The lowest BCUT2D eigenvalue weighted by molar-refractivity contribution is -0.137. The summed E-state index contributed by atoms with van der Waals surface area (Å²) in [6.45, 7) is 4.19. The fourth-order valence-electron chi connectivity index (χ4n) is 3.15. The van der Waals surface area contributed by atoms with Gasteiger partial charge in [-0.25, -0.2) is 17.2 Å². The van der Waals surface area contributed by atoms with Crippen molar-refractivity contribution < 1.29 is 17.9 Å². The van der Waals surface area contributed by atoms with Gasteiger partial charge in [0.15, 0.2) is 0 Å². The minimum absolute atomic E-state index is 0.304. The number of carbonyl (C=O) groups excluding carboxylic acids is 1. The summed E-state index contributed by atoms with van der Waals surface area (Å²) in [4.78, 5) is 11.7. The standard InChI is InChI=1S/C20H27NO4S/c1-4-6-7-8-12-19-17(14-15-20(22)25-5-2)16-11-9-10-13-18(16)21(19)26(3,23)24/h9-11,13-15H,4-8,12H2,1-3H3/b15-14+. The molecule has 0 saturated carbocycles. The van der Waals surface area contributed by atoms with Crippen LogP contribution in [-0.2, 0) is 26.0 Å². The van der Waals surface area contributed by atoms with Crippen molar-refractivity contribution in [2.45, 2.75) is 46.0 Å². The van der Waals surface area contributed by atoms with Gasteiger partial charge in [-0.2, -0.15) is 0 Å². The fourth-order valence-corrected chi connectivity index (χ4v) is 4.26. The van der Waals surface area contributed by atoms with Crippen LogP contribution in [0.4, 0.5) is 0 Å². The van der Waals surface area contributed by atoms with E-state index in [0.29, 0.717) is 18.5 Å². The topological polar surface area (TPSA) is 65.4 Å². The molecule has 0 atom stereocenters. The Labute approximate surface area is 155 Å². The van der Waals surface area contributed by atoms with Gasteiger partial charge in [0.05, 0.1) is 18.4 Å². The van der Waals surface area contributed by atoms with E-state index in [2.05, 4.69) is 6.92 Å². The molecule has 0 fully saturated rings. The second kappa shape index (κ2) is 9.03. The number of unbranched alkanes of at least 4 members (excludes halogenated alkanes) is 3. The lowest BCUT2D eigenvalue weighted by Gasteiger charge is -2.09. The Morgan fingerprint density at radius 2 is 1.88 bits per heavy atom. The van der Waals surface area contributed by atoms with Gasteiger partial charge in [0.2, 0.25) is 10.0 Å². The first-order chi connectivity index (χ1) is 12.4. The van der Waals surface area contributed by atoms with Crippen molar-refractivity contribution >= 4 is 33.0 Å². The summed E-state index contributed by atoms with van der Waals surface area (Å²) in [5.41, 5.74) is 2.14. The molecule has 0 saturated heterocycles. The largest absolute Gasteiger partial charge is 0.463 e. The summed E-state index contributed by atoms with van der Waals surface area (Å²) in [5, 5.41) is 0.823. The molecular formula is C20H27NO4S. The van der Waals surface area contributed by atoms with Gasteiger partial charge in [-0.1, -0.05) is 44.4 Å². The van der Waals surface area contributed by atoms with Crippen molar-refractivity contribution in [1.82, 2.24) is 3.97 Å². The zero-order valence-corrected chi connectivity index (χ0v) is 16.5. The number of fused-ring (bicyclic) bond motifs is 1. The molecule has 0 aliphatic carbocycles. The molecule has 142 valence electrons. The Hall–Kier alpha value is -2.08.